The Morgan fingerprint density at radius 3 is 2.00 bits per heavy atom. The van der Waals surface area contributed by atoms with Gasteiger partial charge in [-0.25, -0.2) is 0 Å². The van der Waals surface area contributed by atoms with Gasteiger partial charge in [-0.3, -0.25) is 4.90 Å². The van der Waals surface area contributed by atoms with Gasteiger partial charge in [-0.05, 0) is 44.7 Å². The Morgan fingerprint density at radius 2 is 1.59 bits per heavy atom. The first-order valence-corrected chi connectivity index (χ1v) is 7.77. The zero-order chi connectivity index (χ0) is 12.5. The van der Waals surface area contributed by atoms with Crippen LogP contribution >= 0.6 is 0 Å². The molecule has 0 spiro atoms. The van der Waals surface area contributed by atoms with Crippen molar-refractivity contribution in [1.29, 1.82) is 0 Å². The highest BCUT2D eigenvalue weighted by atomic mass is 15.2. The summed E-state index contributed by atoms with van der Waals surface area (Å²) in [6, 6.07) is 0.663. The van der Waals surface area contributed by atoms with Crippen molar-refractivity contribution in [2.45, 2.75) is 71.3 Å². The molecule has 2 heteroatoms. The van der Waals surface area contributed by atoms with Crippen LogP contribution in [0, 0.1) is 5.92 Å². The van der Waals surface area contributed by atoms with Gasteiger partial charge in [0.1, 0.15) is 0 Å². The van der Waals surface area contributed by atoms with Crippen LogP contribution in [0.25, 0.3) is 0 Å². The van der Waals surface area contributed by atoms with E-state index in [0.717, 1.165) is 12.5 Å². The van der Waals surface area contributed by atoms with Crippen LogP contribution in [0.4, 0.5) is 0 Å². The van der Waals surface area contributed by atoms with E-state index >= 15 is 0 Å². The quantitative estimate of drug-likeness (QED) is 0.669. The van der Waals surface area contributed by atoms with Crippen molar-refractivity contribution >= 4 is 0 Å². The molecule has 0 heterocycles. The fraction of sp³-hybridized carbons (Fsp3) is 1.00. The summed E-state index contributed by atoms with van der Waals surface area (Å²) in [5.74, 6) is 0.883. The van der Waals surface area contributed by atoms with Crippen molar-refractivity contribution in [3.05, 3.63) is 0 Å². The van der Waals surface area contributed by atoms with Crippen LogP contribution in [-0.4, -0.2) is 30.6 Å². The van der Waals surface area contributed by atoms with E-state index in [-0.39, 0.29) is 0 Å². The van der Waals surface area contributed by atoms with E-state index in [1.807, 2.05) is 0 Å². The molecule has 0 bridgehead atoms. The van der Waals surface area contributed by atoms with Crippen LogP contribution in [0.5, 0.6) is 0 Å². The molecule has 0 aromatic heterocycles. The third-order valence-electron chi connectivity index (χ3n) is 4.25. The summed E-state index contributed by atoms with van der Waals surface area (Å²) in [6.45, 7) is 7.94. The highest BCUT2D eigenvalue weighted by molar-refractivity contribution is 4.83. The Morgan fingerprint density at radius 1 is 1.06 bits per heavy atom. The average molecular weight is 240 g/mol. The second-order valence-electron chi connectivity index (χ2n) is 5.59. The highest BCUT2D eigenvalue weighted by Gasteiger charge is 2.28. The van der Waals surface area contributed by atoms with Crippen molar-refractivity contribution in [3.63, 3.8) is 0 Å². The van der Waals surface area contributed by atoms with E-state index < -0.39 is 0 Å². The number of hydrogen-bond acceptors (Lipinski definition) is 2. The number of nitrogens with two attached hydrogens (primary N) is 1. The first-order chi connectivity index (χ1) is 8.33. The summed E-state index contributed by atoms with van der Waals surface area (Å²) in [7, 11) is 0. The lowest BCUT2D eigenvalue weighted by molar-refractivity contribution is 0.142. The van der Waals surface area contributed by atoms with Crippen LogP contribution in [-0.2, 0) is 0 Å². The molecule has 0 aromatic rings. The van der Waals surface area contributed by atoms with E-state index in [1.165, 1.54) is 64.5 Å². The fourth-order valence-electron chi connectivity index (χ4n) is 3.15. The molecular weight excluding hydrogens is 208 g/mol. The molecule has 0 radical (unpaired) electrons. The number of hydrogen-bond donors (Lipinski definition) is 1. The molecule has 1 rings (SSSR count). The van der Waals surface area contributed by atoms with Gasteiger partial charge >= 0.3 is 0 Å². The first kappa shape index (κ1) is 15.0. The second-order valence-corrected chi connectivity index (χ2v) is 5.59. The predicted molar refractivity (Wildman–Crippen MR) is 76.2 cm³/mol. The number of rotatable bonds is 9. The predicted octanol–water partition coefficient (Wildman–Crippen LogP) is 3.41. The Hall–Kier alpha value is -0.0800. The minimum Gasteiger partial charge on any atom is -0.329 e. The van der Waals surface area contributed by atoms with Gasteiger partial charge in [0.25, 0.3) is 0 Å². The Kier molecular flexibility index (Phi) is 7.87. The minimum absolute atomic E-state index is 0.663. The molecule has 1 aliphatic carbocycles. The maximum atomic E-state index is 6.06. The molecule has 2 N–H and O–H groups in total. The van der Waals surface area contributed by atoms with Crippen LogP contribution in [0.15, 0.2) is 0 Å². The summed E-state index contributed by atoms with van der Waals surface area (Å²) in [4.78, 5) is 2.70. The van der Waals surface area contributed by atoms with Gasteiger partial charge in [0.05, 0.1) is 0 Å². The SMILES string of the molecule is CCCCN(CCCC)C(CN)C1CCCC1. The molecular formula is C15H32N2. The topological polar surface area (TPSA) is 29.3 Å². The third kappa shape index (κ3) is 4.97. The van der Waals surface area contributed by atoms with Gasteiger partial charge in [0.2, 0.25) is 0 Å². The summed E-state index contributed by atoms with van der Waals surface area (Å²) in [6.07, 6.45) is 10.9. The van der Waals surface area contributed by atoms with E-state index in [9.17, 15) is 0 Å². The summed E-state index contributed by atoms with van der Waals surface area (Å²) >= 11 is 0. The van der Waals surface area contributed by atoms with Gasteiger partial charge < -0.3 is 5.73 Å². The van der Waals surface area contributed by atoms with E-state index in [1.54, 1.807) is 0 Å². The Labute approximate surface area is 108 Å². The standard InChI is InChI=1S/C15H32N2/c1-3-5-11-17(12-6-4-2)15(13-16)14-9-7-8-10-14/h14-15H,3-13,16H2,1-2H3. The molecule has 0 aliphatic heterocycles. The van der Waals surface area contributed by atoms with E-state index in [4.69, 9.17) is 5.73 Å². The molecule has 1 fully saturated rings. The zero-order valence-corrected chi connectivity index (χ0v) is 12.0. The van der Waals surface area contributed by atoms with E-state index in [0.29, 0.717) is 6.04 Å². The fourth-order valence-corrected chi connectivity index (χ4v) is 3.15. The highest BCUT2D eigenvalue weighted by Crippen LogP contribution is 2.30. The van der Waals surface area contributed by atoms with Crippen molar-refractivity contribution in [3.8, 4) is 0 Å². The summed E-state index contributed by atoms with van der Waals surface area (Å²) in [5.41, 5.74) is 6.06. The zero-order valence-electron chi connectivity index (χ0n) is 12.0. The molecule has 1 unspecified atom stereocenters. The van der Waals surface area contributed by atoms with Gasteiger partial charge in [-0.15, -0.1) is 0 Å². The lowest BCUT2D eigenvalue weighted by Crippen LogP contribution is -2.45. The normalized spacial score (nSPS) is 19.1. The van der Waals surface area contributed by atoms with Crippen molar-refractivity contribution in [1.82, 2.24) is 4.90 Å². The molecule has 1 saturated carbocycles. The first-order valence-electron chi connectivity index (χ1n) is 7.77. The lowest BCUT2D eigenvalue weighted by atomic mass is 9.96. The van der Waals surface area contributed by atoms with Crippen molar-refractivity contribution in [2.24, 2.45) is 11.7 Å². The van der Waals surface area contributed by atoms with Gasteiger partial charge in [0.15, 0.2) is 0 Å². The maximum Gasteiger partial charge on any atom is 0.0246 e. The molecule has 17 heavy (non-hydrogen) atoms. The van der Waals surface area contributed by atoms with Crippen LogP contribution in [0.2, 0.25) is 0 Å². The molecule has 1 aliphatic rings. The van der Waals surface area contributed by atoms with Gasteiger partial charge in [-0.2, -0.15) is 0 Å². The Bertz CT molecular complexity index is 168. The third-order valence-corrected chi connectivity index (χ3v) is 4.25. The molecule has 2 nitrogen and oxygen atoms in total. The average Bonchev–Trinajstić information content (AvgIpc) is 2.86. The lowest BCUT2D eigenvalue weighted by Gasteiger charge is -2.35. The van der Waals surface area contributed by atoms with Crippen molar-refractivity contribution in [2.75, 3.05) is 19.6 Å². The molecule has 1 atom stereocenters. The van der Waals surface area contributed by atoms with Crippen LogP contribution in [0.1, 0.15) is 65.2 Å². The molecule has 0 saturated heterocycles. The van der Waals surface area contributed by atoms with E-state index in [2.05, 4.69) is 18.7 Å². The molecule has 0 aromatic carbocycles. The van der Waals surface area contributed by atoms with Crippen LogP contribution in [0.3, 0.4) is 0 Å². The number of nitrogens with zero attached hydrogens (tertiary/aromatic N) is 1. The smallest absolute Gasteiger partial charge is 0.0246 e. The number of unbranched alkanes of at least 4 members (excludes halogenated alkanes) is 2. The Balaban J connectivity index is 2.49. The summed E-state index contributed by atoms with van der Waals surface area (Å²) in [5, 5.41) is 0. The van der Waals surface area contributed by atoms with Gasteiger partial charge in [0, 0.05) is 12.6 Å². The molecule has 0 amide bonds. The second kappa shape index (κ2) is 8.93. The monoisotopic (exact) mass is 240 g/mol. The molecule has 102 valence electrons. The summed E-state index contributed by atoms with van der Waals surface area (Å²) < 4.78 is 0. The van der Waals surface area contributed by atoms with Gasteiger partial charge in [-0.1, -0.05) is 39.5 Å². The largest absolute Gasteiger partial charge is 0.329 e. The van der Waals surface area contributed by atoms with Crippen LogP contribution < -0.4 is 5.73 Å². The van der Waals surface area contributed by atoms with Crippen molar-refractivity contribution < 1.29 is 0 Å². The maximum absolute atomic E-state index is 6.06. The minimum atomic E-state index is 0.663.